The van der Waals surface area contributed by atoms with Crippen LogP contribution >= 0.6 is 0 Å². The SMILES string of the molecule is C=C1/C=C(CCOC)\C=C/CN(CCCCCC(=O)O)/C(=C/C=C/C=C/C2=[N+](CCOC)c3ccc(CCOC)cc3C2(C)CCCS(=O)(=O)O)C1(C)CCCS(=O)(=O)O. The molecule has 0 saturated carbocycles. The quantitative estimate of drug-likeness (QED) is 0.0368. The number of carbonyl (C=O) groups is 1. The highest BCUT2D eigenvalue weighted by Crippen LogP contribution is 2.45. The highest BCUT2D eigenvalue weighted by atomic mass is 32.2. The molecule has 2 atom stereocenters. The summed E-state index contributed by atoms with van der Waals surface area (Å²) in [6.07, 6.45) is 20.8. The highest BCUT2D eigenvalue weighted by Gasteiger charge is 2.47. The predicted molar refractivity (Wildman–Crippen MR) is 237 cm³/mol. The molecule has 2 unspecified atom stereocenters. The zero-order chi connectivity index (χ0) is 44.4. The molecule has 0 amide bonds. The molecule has 2 heterocycles. The molecule has 15 heteroatoms. The van der Waals surface area contributed by atoms with E-state index in [1.807, 2.05) is 43.4 Å². The summed E-state index contributed by atoms with van der Waals surface area (Å²) in [4.78, 5) is 13.4. The summed E-state index contributed by atoms with van der Waals surface area (Å²) in [5.41, 5.74) is 5.46. The Balaban J connectivity index is 2.15. The van der Waals surface area contributed by atoms with Crippen molar-refractivity contribution in [1.29, 1.82) is 0 Å². The van der Waals surface area contributed by atoms with Crippen molar-refractivity contribution in [3.8, 4) is 0 Å². The van der Waals surface area contributed by atoms with E-state index in [9.17, 15) is 35.8 Å². The molecule has 3 rings (SSSR count). The zero-order valence-corrected chi connectivity index (χ0v) is 37.7. The highest BCUT2D eigenvalue weighted by molar-refractivity contribution is 7.86. The van der Waals surface area contributed by atoms with Crippen molar-refractivity contribution < 1.29 is 54.6 Å². The van der Waals surface area contributed by atoms with Crippen molar-refractivity contribution in [3.63, 3.8) is 0 Å². The molecular weight excluding hydrogens is 809 g/mol. The van der Waals surface area contributed by atoms with Crippen LogP contribution in [-0.4, -0.2) is 124 Å². The van der Waals surface area contributed by atoms with Crippen molar-refractivity contribution in [3.05, 3.63) is 101 Å². The number of fused-ring (bicyclic) bond motifs is 1. The van der Waals surface area contributed by atoms with Gasteiger partial charge in [-0.15, -0.1) is 0 Å². The molecule has 0 aromatic heterocycles. The van der Waals surface area contributed by atoms with Crippen molar-refractivity contribution in [1.82, 2.24) is 4.90 Å². The second-order valence-electron chi connectivity index (χ2n) is 15.9. The molecule has 13 nitrogen and oxygen atoms in total. The lowest BCUT2D eigenvalue weighted by Gasteiger charge is -2.40. The molecule has 0 spiro atoms. The largest absolute Gasteiger partial charge is 0.481 e. The molecule has 0 bridgehead atoms. The van der Waals surface area contributed by atoms with Gasteiger partial charge < -0.3 is 24.2 Å². The number of methoxy groups -OCH3 is 3. The monoisotopic (exact) mass is 875 g/mol. The van der Waals surface area contributed by atoms with Crippen LogP contribution in [0.4, 0.5) is 5.69 Å². The fraction of sp³-hybridized carbons (Fsp3) is 0.556. The van der Waals surface area contributed by atoms with Gasteiger partial charge in [0, 0.05) is 69.7 Å². The van der Waals surface area contributed by atoms with E-state index in [0.717, 1.165) is 45.8 Å². The summed E-state index contributed by atoms with van der Waals surface area (Å²) < 4.78 is 85.1. The fourth-order valence-electron chi connectivity index (χ4n) is 8.03. The molecule has 0 fully saturated rings. The molecule has 2 aliphatic rings. The number of hydrogen-bond donors (Lipinski definition) is 3. The summed E-state index contributed by atoms with van der Waals surface area (Å²) >= 11 is 0. The van der Waals surface area contributed by atoms with E-state index in [0.29, 0.717) is 78.0 Å². The van der Waals surface area contributed by atoms with Gasteiger partial charge in [0.1, 0.15) is 6.61 Å². The van der Waals surface area contributed by atoms with Crippen LogP contribution < -0.4 is 0 Å². The molecule has 60 heavy (non-hydrogen) atoms. The molecule has 1 aromatic carbocycles. The normalized spacial score (nSPS) is 22.3. The molecule has 0 saturated heterocycles. The van der Waals surface area contributed by atoms with Crippen LogP contribution in [0, 0.1) is 5.41 Å². The summed E-state index contributed by atoms with van der Waals surface area (Å²) in [5.74, 6) is -1.58. The predicted octanol–water partition coefficient (Wildman–Crippen LogP) is 7.25. The Morgan fingerprint density at radius 2 is 1.52 bits per heavy atom. The van der Waals surface area contributed by atoms with Gasteiger partial charge in [-0.2, -0.15) is 21.4 Å². The summed E-state index contributed by atoms with van der Waals surface area (Å²) in [6, 6.07) is 6.33. The minimum absolute atomic E-state index is 0.0934. The maximum atomic E-state index is 11.9. The maximum Gasteiger partial charge on any atom is 0.303 e. The fourth-order valence-corrected chi connectivity index (χ4v) is 9.05. The zero-order valence-electron chi connectivity index (χ0n) is 36.1. The van der Waals surface area contributed by atoms with Crippen molar-refractivity contribution in [2.24, 2.45) is 5.41 Å². The van der Waals surface area contributed by atoms with Gasteiger partial charge in [-0.05, 0) is 87.1 Å². The van der Waals surface area contributed by atoms with E-state index in [-0.39, 0.29) is 25.0 Å². The molecule has 1 aromatic rings. The molecule has 2 aliphatic heterocycles. The number of benzene rings is 1. The number of allylic oxidation sites excluding steroid dienone is 8. The standard InChI is InChI=1S/C45H66N2O11S2/c1-36-34-37(22-29-56-4)16-13-27-46(26-12-8-11-19-43(48)49)41(44(36,2)24-14-32-59(50,51)52)17-9-7-10-18-42-45(3,25-15-33-60(53,54)55)39-35-38(23-30-57-5)20-21-40(39)47(42)28-31-58-6/h7,9-10,13,16-18,20-21,34-35H,1,8,11-12,14-15,19,22-33H2,2-6H3,(H2-,48,49,50,51,52,53,54,55)/p+1/b16-13-,37-34+. The van der Waals surface area contributed by atoms with E-state index >= 15 is 0 Å². The third kappa shape index (κ3) is 15.6. The molecule has 0 radical (unpaired) electrons. The Kier molecular flexibility index (Phi) is 20.3. The van der Waals surface area contributed by atoms with Gasteiger partial charge in [0.2, 0.25) is 5.69 Å². The van der Waals surface area contributed by atoms with Gasteiger partial charge >= 0.3 is 5.97 Å². The molecular formula is C45H67N2O11S2+. The first-order valence-corrected chi connectivity index (χ1v) is 23.8. The molecule has 334 valence electrons. The number of nitrogens with zero attached hydrogens (tertiary/aromatic N) is 2. The number of unbranched alkanes of at least 4 members (excludes halogenated alkanes) is 2. The third-order valence-corrected chi connectivity index (χ3v) is 13.0. The van der Waals surface area contributed by atoms with E-state index < -0.39 is 42.8 Å². The average Bonchev–Trinajstić information content (AvgIpc) is 3.41. The second-order valence-corrected chi connectivity index (χ2v) is 19.0. The Morgan fingerprint density at radius 1 is 0.867 bits per heavy atom. The lowest BCUT2D eigenvalue weighted by Crippen LogP contribution is -2.35. The average molecular weight is 876 g/mol. The van der Waals surface area contributed by atoms with E-state index in [4.69, 9.17) is 14.2 Å². The number of aliphatic carboxylic acids is 1. The number of carboxylic acid groups (broad SMARTS) is 1. The first-order chi connectivity index (χ1) is 28.4. The Labute approximate surface area is 358 Å². The van der Waals surface area contributed by atoms with Gasteiger partial charge in [0.15, 0.2) is 12.3 Å². The van der Waals surface area contributed by atoms with Crippen molar-refractivity contribution in [2.75, 3.05) is 72.3 Å². The first-order valence-electron chi connectivity index (χ1n) is 20.6. The number of ether oxygens (including phenoxy) is 3. The van der Waals surface area contributed by atoms with Gasteiger partial charge in [0.25, 0.3) is 20.2 Å². The van der Waals surface area contributed by atoms with Crippen molar-refractivity contribution >= 4 is 37.6 Å². The minimum atomic E-state index is -4.21. The summed E-state index contributed by atoms with van der Waals surface area (Å²) in [6.45, 7) is 11.9. The van der Waals surface area contributed by atoms with Crippen LogP contribution in [-0.2, 0) is 51.1 Å². The van der Waals surface area contributed by atoms with Crippen LogP contribution in [0.15, 0.2) is 90.2 Å². The van der Waals surface area contributed by atoms with Crippen LogP contribution in [0.5, 0.6) is 0 Å². The summed E-state index contributed by atoms with van der Waals surface area (Å²) in [7, 11) is -3.41. The van der Waals surface area contributed by atoms with Crippen LogP contribution in [0.2, 0.25) is 0 Å². The number of hydrogen-bond acceptors (Lipinski definition) is 9. The maximum absolute atomic E-state index is 11.9. The second kappa shape index (κ2) is 24.1. The third-order valence-electron chi connectivity index (χ3n) is 11.4. The minimum Gasteiger partial charge on any atom is -0.481 e. The van der Waals surface area contributed by atoms with E-state index in [2.05, 4.69) is 53.3 Å². The smallest absolute Gasteiger partial charge is 0.303 e. The van der Waals surface area contributed by atoms with Crippen LogP contribution in [0.3, 0.4) is 0 Å². The Morgan fingerprint density at radius 3 is 2.15 bits per heavy atom. The summed E-state index contributed by atoms with van der Waals surface area (Å²) in [5, 5.41) is 9.20. The molecule has 0 aliphatic carbocycles. The van der Waals surface area contributed by atoms with Crippen molar-refractivity contribution in [2.45, 2.75) is 83.5 Å². The Hall–Kier alpha value is -3.70. The first kappa shape index (κ1) is 50.7. The topological polar surface area (TPSA) is 180 Å². The van der Waals surface area contributed by atoms with Crippen LogP contribution in [0.1, 0.15) is 82.8 Å². The lowest BCUT2D eigenvalue weighted by atomic mass is 9.74. The Bertz CT molecular complexity index is 2030. The number of carboxylic acids is 1. The van der Waals surface area contributed by atoms with Gasteiger partial charge in [-0.25, -0.2) is 0 Å². The molecule has 3 N–H and O–H groups in total. The number of rotatable bonds is 26. The lowest BCUT2D eigenvalue weighted by molar-refractivity contribution is -0.441. The van der Waals surface area contributed by atoms with E-state index in [1.165, 1.54) is 0 Å². The van der Waals surface area contributed by atoms with Gasteiger partial charge in [0.05, 0.1) is 30.1 Å². The van der Waals surface area contributed by atoms with Crippen LogP contribution in [0.25, 0.3) is 0 Å². The van der Waals surface area contributed by atoms with Gasteiger partial charge in [-0.3, -0.25) is 13.9 Å². The van der Waals surface area contributed by atoms with Gasteiger partial charge in [-0.1, -0.05) is 62.4 Å². The van der Waals surface area contributed by atoms with E-state index in [1.54, 1.807) is 21.3 Å².